The van der Waals surface area contributed by atoms with Crippen LogP contribution in [0.1, 0.15) is 65.7 Å². The fraction of sp³-hybridized carbons (Fsp3) is 1.00. The first kappa shape index (κ1) is 15.4. The van der Waals surface area contributed by atoms with Gasteiger partial charge >= 0.3 is 0 Å². The van der Waals surface area contributed by atoms with Crippen LogP contribution < -0.4 is 5.32 Å². The van der Waals surface area contributed by atoms with Gasteiger partial charge in [0.1, 0.15) is 0 Å². The normalized spacial score (nSPS) is 27.0. The second-order valence-electron chi connectivity index (χ2n) is 5.72. The fourth-order valence-corrected chi connectivity index (χ4v) is 4.29. The summed E-state index contributed by atoms with van der Waals surface area (Å²) in [5.41, 5.74) is 0. The van der Waals surface area contributed by atoms with Crippen LogP contribution in [0.4, 0.5) is 0 Å². The first-order valence-corrected chi connectivity index (χ1v) is 8.62. The molecule has 0 aromatic carbocycles. The zero-order valence-corrected chi connectivity index (χ0v) is 12.8. The Balaban J connectivity index is 1.93. The summed E-state index contributed by atoms with van der Waals surface area (Å²) in [6.45, 7) is 8.02. The average Bonchev–Trinajstić information content (AvgIpc) is 2.29. The average molecular weight is 257 g/mol. The molecule has 1 saturated carbocycles. The van der Waals surface area contributed by atoms with Crippen molar-refractivity contribution in [1.29, 1.82) is 0 Å². The maximum Gasteiger partial charge on any atom is 0.00495 e. The molecule has 0 aromatic rings. The van der Waals surface area contributed by atoms with Gasteiger partial charge in [0.2, 0.25) is 0 Å². The zero-order valence-electron chi connectivity index (χ0n) is 12.0. The van der Waals surface area contributed by atoms with Gasteiger partial charge in [0.25, 0.3) is 0 Å². The van der Waals surface area contributed by atoms with Gasteiger partial charge in [-0.25, -0.2) is 0 Å². The van der Waals surface area contributed by atoms with Gasteiger partial charge in [0.05, 0.1) is 0 Å². The van der Waals surface area contributed by atoms with E-state index in [4.69, 9.17) is 0 Å². The Bertz CT molecular complexity index is 184. The van der Waals surface area contributed by atoms with E-state index in [1.807, 2.05) is 0 Å². The van der Waals surface area contributed by atoms with E-state index in [9.17, 15) is 0 Å². The SMILES string of the molecule is CCNC(C)CCCCSC1CCCC(C)C1. The number of thioether (sulfide) groups is 1. The van der Waals surface area contributed by atoms with Crippen molar-refractivity contribution in [2.24, 2.45) is 5.92 Å². The van der Waals surface area contributed by atoms with Gasteiger partial charge in [-0.3, -0.25) is 0 Å². The van der Waals surface area contributed by atoms with E-state index in [1.165, 1.54) is 50.7 Å². The molecule has 2 heteroatoms. The highest BCUT2D eigenvalue weighted by Gasteiger charge is 2.18. The summed E-state index contributed by atoms with van der Waals surface area (Å²) < 4.78 is 0. The monoisotopic (exact) mass is 257 g/mol. The Hall–Kier alpha value is 0.310. The summed E-state index contributed by atoms with van der Waals surface area (Å²) in [6, 6.07) is 0.708. The molecule has 1 rings (SSSR count). The minimum absolute atomic E-state index is 0.708. The van der Waals surface area contributed by atoms with Gasteiger partial charge in [-0.05, 0) is 50.8 Å². The maximum atomic E-state index is 3.48. The second kappa shape index (κ2) is 9.27. The number of hydrogen-bond acceptors (Lipinski definition) is 2. The zero-order chi connectivity index (χ0) is 12.5. The minimum Gasteiger partial charge on any atom is -0.315 e. The predicted molar refractivity (Wildman–Crippen MR) is 80.9 cm³/mol. The van der Waals surface area contributed by atoms with Crippen LogP contribution in [0.5, 0.6) is 0 Å². The molecule has 0 aliphatic heterocycles. The molecule has 0 amide bonds. The summed E-state index contributed by atoms with van der Waals surface area (Å²) in [6.07, 6.45) is 10.0. The van der Waals surface area contributed by atoms with Crippen LogP contribution >= 0.6 is 11.8 Å². The number of rotatable bonds is 8. The lowest BCUT2D eigenvalue weighted by molar-refractivity contribution is 0.394. The summed E-state index contributed by atoms with van der Waals surface area (Å²) >= 11 is 2.25. The molecule has 1 aliphatic rings. The highest BCUT2D eigenvalue weighted by atomic mass is 32.2. The van der Waals surface area contributed by atoms with E-state index in [1.54, 1.807) is 0 Å². The highest BCUT2D eigenvalue weighted by molar-refractivity contribution is 7.99. The van der Waals surface area contributed by atoms with Gasteiger partial charge in [0.15, 0.2) is 0 Å². The first-order valence-electron chi connectivity index (χ1n) is 7.57. The van der Waals surface area contributed by atoms with Crippen molar-refractivity contribution in [2.75, 3.05) is 12.3 Å². The van der Waals surface area contributed by atoms with Crippen molar-refractivity contribution in [1.82, 2.24) is 5.32 Å². The topological polar surface area (TPSA) is 12.0 Å². The van der Waals surface area contributed by atoms with Gasteiger partial charge in [0, 0.05) is 11.3 Å². The third kappa shape index (κ3) is 7.35. The van der Waals surface area contributed by atoms with Crippen LogP contribution in [0, 0.1) is 5.92 Å². The van der Waals surface area contributed by atoms with Gasteiger partial charge < -0.3 is 5.32 Å². The van der Waals surface area contributed by atoms with Gasteiger partial charge in [-0.1, -0.05) is 33.1 Å². The van der Waals surface area contributed by atoms with Crippen LogP contribution in [0.15, 0.2) is 0 Å². The molecular weight excluding hydrogens is 226 g/mol. The van der Waals surface area contributed by atoms with Gasteiger partial charge in [-0.2, -0.15) is 11.8 Å². The third-order valence-corrected chi connectivity index (χ3v) is 5.25. The van der Waals surface area contributed by atoms with E-state index < -0.39 is 0 Å². The molecule has 0 saturated heterocycles. The Morgan fingerprint density at radius 1 is 1.29 bits per heavy atom. The minimum atomic E-state index is 0.708. The molecule has 0 radical (unpaired) electrons. The number of nitrogens with one attached hydrogen (secondary N) is 1. The Morgan fingerprint density at radius 2 is 2.12 bits per heavy atom. The molecule has 0 bridgehead atoms. The summed E-state index contributed by atoms with van der Waals surface area (Å²) in [4.78, 5) is 0. The molecular formula is C15H31NS. The Kier molecular flexibility index (Phi) is 8.38. The Labute approximate surface area is 113 Å². The van der Waals surface area contributed by atoms with Gasteiger partial charge in [-0.15, -0.1) is 0 Å². The van der Waals surface area contributed by atoms with E-state index in [-0.39, 0.29) is 0 Å². The molecule has 1 N–H and O–H groups in total. The van der Waals surface area contributed by atoms with Crippen LogP contribution in [0.25, 0.3) is 0 Å². The standard InChI is InChI=1S/C15H31NS/c1-4-16-14(3)9-5-6-11-17-15-10-7-8-13(2)12-15/h13-16H,4-12H2,1-3H3. The molecule has 17 heavy (non-hydrogen) atoms. The lowest BCUT2D eigenvalue weighted by Gasteiger charge is -2.26. The largest absolute Gasteiger partial charge is 0.315 e. The molecule has 0 spiro atoms. The van der Waals surface area contributed by atoms with Crippen molar-refractivity contribution in [2.45, 2.75) is 77.0 Å². The van der Waals surface area contributed by atoms with Crippen LogP contribution in [0.3, 0.4) is 0 Å². The van der Waals surface area contributed by atoms with E-state index >= 15 is 0 Å². The second-order valence-corrected chi connectivity index (χ2v) is 7.13. The number of unbranched alkanes of at least 4 members (excludes halogenated alkanes) is 1. The van der Waals surface area contributed by atoms with E-state index in [0.29, 0.717) is 6.04 Å². The quantitative estimate of drug-likeness (QED) is 0.644. The molecule has 1 fully saturated rings. The van der Waals surface area contributed by atoms with Crippen molar-refractivity contribution >= 4 is 11.8 Å². The highest BCUT2D eigenvalue weighted by Crippen LogP contribution is 2.32. The molecule has 3 atom stereocenters. The fourth-order valence-electron chi connectivity index (χ4n) is 2.78. The molecule has 3 unspecified atom stereocenters. The van der Waals surface area contributed by atoms with Crippen molar-refractivity contribution in [3.8, 4) is 0 Å². The van der Waals surface area contributed by atoms with Crippen molar-refractivity contribution in [3.05, 3.63) is 0 Å². The molecule has 1 aliphatic carbocycles. The Morgan fingerprint density at radius 3 is 2.82 bits per heavy atom. The van der Waals surface area contributed by atoms with Crippen LogP contribution in [-0.4, -0.2) is 23.6 Å². The third-order valence-electron chi connectivity index (χ3n) is 3.83. The summed E-state index contributed by atoms with van der Waals surface area (Å²) in [5.74, 6) is 2.37. The predicted octanol–water partition coefficient (Wildman–Crippen LogP) is 4.47. The summed E-state index contributed by atoms with van der Waals surface area (Å²) in [7, 11) is 0. The van der Waals surface area contributed by atoms with Crippen LogP contribution in [-0.2, 0) is 0 Å². The molecule has 102 valence electrons. The van der Waals surface area contributed by atoms with Crippen molar-refractivity contribution in [3.63, 3.8) is 0 Å². The lowest BCUT2D eigenvalue weighted by atomic mass is 9.91. The molecule has 0 aromatic heterocycles. The van der Waals surface area contributed by atoms with E-state index in [0.717, 1.165) is 17.7 Å². The smallest absolute Gasteiger partial charge is 0.00495 e. The molecule has 0 heterocycles. The first-order chi connectivity index (χ1) is 8.22. The summed E-state index contributed by atoms with van der Waals surface area (Å²) in [5, 5.41) is 4.46. The van der Waals surface area contributed by atoms with Crippen molar-refractivity contribution < 1.29 is 0 Å². The molecule has 1 nitrogen and oxygen atoms in total. The maximum absolute atomic E-state index is 3.48. The van der Waals surface area contributed by atoms with E-state index in [2.05, 4.69) is 37.8 Å². The number of hydrogen-bond donors (Lipinski definition) is 1. The lowest BCUT2D eigenvalue weighted by Crippen LogP contribution is -2.25. The van der Waals surface area contributed by atoms with Crippen LogP contribution in [0.2, 0.25) is 0 Å².